The van der Waals surface area contributed by atoms with Crippen molar-refractivity contribution in [2.45, 2.75) is 32.1 Å². The van der Waals surface area contributed by atoms with E-state index in [-0.39, 0.29) is 18.8 Å². The van der Waals surface area contributed by atoms with Gasteiger partial charge in [0.05, 0.1) is 6.61 Å². The lowest BCUT2D eigenvalue weighted by molar-refractivity contribution is -0.120. The summed E-state index contributed by atoms with van der Waals surface area (Å²) in [6, 6.07) is 0. The molecule has 0 fully saturated rings. The van der Waals surface area contributed by atoms with Gasteiger partial charge in [-0.1, -0.05) is 6.08 Å². The number of alkyl halides is 2. The number of ketones is 1. The summed E-state index contributed by atoms with van der Waals surface area (Å²) < 4.78 is 27.8. The van der Waals surface area contributed by atoms with Crippen LogP contribution < -0.4 is 0 Å². The van der Waals surface area contributed by atoms with Crippen LogP contribution in [-0.2, 0) is 9.53 Å². The second-order valence-corrected chi connectivity index (χ2v) is 2.94. The Morgan fingerprint density at radius 1 is 1.43 bits per heavy atom. The number of unbranched alkanes of at least 4 members (excludes halogenated alkanes) is 1. The lowest BCUT2D eigenvalue weighted by atomic mass is 10.1. The maximum absolute atomic E-state index is 11.6. The van der Waals surface area contributed by atoms with E-state index in [0.717, 1.165) is 12.8 Å². The molecule has 4 heteroatoms. The molecule has 0 atom stereocenters. The average Bonchev–Trinajstić information content (AvgIpc) is 2.13. The van der Waals surface area contributed by atoms with Crippen molar-refractivity contribution in [2.75, 3.05) is 13.2 Å². The molecule has 0 spiro atoms. The van der Waals surface area contributed by atoms with Gasteiger partial charge in [0.15, 0.2) is 0 Å². The van der Waals surface area contributed by atoms with E-state index >= 15 is 0 Å². The Hall–Kier alpha value is -0.770. The van der Waals surface area contributed by atoms with Gasteiger partial charge in [-0.2, -0.15) is 0 Å². The molecule has 82 valence electrons. The van der Waals surface area contributed by atoms with Gasteiger partial charge in [-0.3, -0.25) is 4.79 Å². The predicted molar refractivity (Wildman–Crippen MR) is 50.5 cm³/mol. The van der Waals surface area contributed by atoms with Crippen LogP contribution in [0.1, 0.15) is 25.7 Å². The van der Waals surface area contributed by atoms with E-state index in [2.05, 4.69) is 11.3 Å². The SMILES string of the molecule is C=CCCCC(=O)CCOCC(F)F. The summed E-state index contributed by atoms with van der Waals surface area (Å²) in [7, 11) is 0. The fraction of sp³-hybridized carbons (Fsp3) is 0.700. The summed E-state index contributed by atoms with van der Waals surface area (Å²) in [6.07, 6.45) is 1.58. The van der Waals surface area contributed by atoms with Gasteiger partial charge in [0.1, 0.15) is 12.4 Å². The highest BCUT2D eigenvalue weighted by molar-refractivity contribution is 5.78. The Labute approximate surface area is 82.9 Å². The summed E-state index contributed by atoms with van der Waals surface area (Å²) in [5, 5.41) is 0. The lowest BCUT2D eigenvalue weighted by Gasteiger charge is -2.02. The molecule has 0 saturated heterocycles. The van der Waals surface area contributed by atoms with Crippen molar-refractivity contribution in [2.24, 2.45) is 0 Å². The second kappa shape index (κ2) is 8.81. The predicted octanol–water partition coefficient (Wildman–Crippen LogP) is 2.58. The molecule has 0 amide bonds. The molecule has 0 aliphatic rings. The van der Waals surface area contributed by atoms with E-state index in [1.807, 2.05) is 0 Å². The van der Waals surface area contributed by atoms with Crippen LogP contribution in [0.3, 0.4) is 0 Å². The van der Waals surface area contributed by atoms with Crippen molar-refractivity contribution in [3.05, 3.63) is 12.7 Å². The first-order valence-electron chi connectivity index (χ1n) is 4.65. The van der Waals surface area contributed by atoms with Crippen molar-refractivity contribution < 1.29 is 18.3 Å². The normalized spacial score (nSPS) is 10.5. The Bertz CT molecular complexity index is 170. The molecular formula is C10H16F2O2. The highest BCUT2D eigenvalue weighted by Crippen LogP contribution is 2.00. The number of ether oxygens (including phenoxy) is 1. The maximum Gasteiger partial charge on any atom is 0.261 e. The maximum atomic E-state index is 11.6. The standard InChI is InChI=1S/C10H16F2O2/c1-2-3-4-5-9(13)6-7-14-8-10(11)12/h2,10H,1,3-8H2. The summed E-state index contributed by atoms with van der Waals surface area (Å²) >= 11 is 0. The van der Waals surface area contributed by atoms with Gasteiger partial charge in [0, 0.05) is 12.8 Å². The van der Waals surface area contributed by atoms with Crippen LogP contribution in [0.5, 0.6) is 0 Å². The number of hydrogen-bond donors (Lipinski definition) is 0. The summed E-state index contributed by atoms with van der Waals surface area (Å²) in [5.41, 5.74) is 0. The smallest absolute Gasteiger partial charge is 0.261 e. The molecular weight excluding hydrogens is 190 g/mol. The monoisotopic (exact) mass is 206 g/mol. The van der Waals surface area contributed by atoms with Gasteiger partial charge in [-0.05, 0) is 12.8 Å². The molecule has 0 aromatic heterocycles. The molecule has 0 aromatic carbocycles. The van der Waals surface area contributed by atoms with E-state index in [1.165, 1.54) is 0 Å². The van der Waals surface area contributed by atoms with Gasteiger partial charge < -0.3 is 4.74 Å². The van der Waals surface area contributed by atoms with Gasteiger partial charge in [-0.25, -0.2) is 8.78 Å². The molecule has 0 saturated carbocycles. The zero-order chi connectivity index (χ0) is 10.8. The molecule has 0 N–H and O–H groups in total. The molecule has 2 nitrogen and oxygen atoms in total. The summed E-state index contributed by atoms with van der Waals surface area (Å²) in [5.74, 6) is 0.0566. The van der Waals surface area contributed by atoms with Crippen molar-refractivity contribution in [1.82, 2.24) is 0 Å². The summed E-state index contributed by atoms with van der Waals surface area (Å²) in [6.45, 7) is 3.04. The van der Waals surface area contributed by atoms with Crippen molar-refractivity contribution in [1.29, 1.82) is 0 Å². The van der Waals surface area contributed by atoms with Crippen LogP contribution in [0.4, 0.5) is 8.78 Å². The van der Waals surface area contributed by atoms with Crippen molar-refractivity contribution in [3.8, 4) is 0 Å². The van der Waals surface area contributed by atoms with Gasteiger partial charge in [0.25, 0.3) is 6.43 Å². The first kappa shape index (κ1) is 13.2. The van der Waals surface area contributed by atoms with Crippen LogP contribution >= 0.6 is 0 Å². The first-order valence-corrected chi connectivity index (χ1v) is 4.65. The third-order valence-electron chi connectivity index (χ3n) is 1.63. The van der Waals surface area contributed by atoms with E-state index in [9.17, 15) is 13.6 Å². The van der Waals surface area contributed by atoms with E-state index in [1.54, 1.807) is 6.08 Å². The van der Waals surface area contributed by atoms with Crippen LogP contribution in [0.2, 0.25) is 0 Å². The number of halogens is 2. The van der Waals surface area contributed by atoms with Gasteiger partial charge in [0.2, 0.25) is 0 Å². The molecule has 0 aliphatic carbocycles. The largest absolute Gasteiger partial charge is 0.375 e. The number of hydrogen-bond acceptors (Lipinski definition) is 2. The third-order valence-corrected chi connectivity index (χ3v) is 1.63. The van der Waals surface area contributed by atoms with Crippen LogP contribution in [0.15, 0.2) is 12.7 Å². The number of carbonyl (C=O) groups excluding carboxylic acids is 1. The molecule has 0 unspecified atom stereocenters. The minimum Gasteiger partial charge on any atom is -0.375 e. The Kier molecular flexibility index (Phi) is 8.33. The Morgan fingerprint density at radius 2 is 2.14 bits per heavy atom. The molecule has 0 aromatic rings. The molecule has 0 aliphatic heterocycles. The second-order valence-electron chi connectivity index (χ2n) is 2.94. The van der Waals surface area contributed by atoms with Crippen molar-refractivity contribution >= 4 is 5.78 Å². The van der Waals surface area contributed by atoms with Gasteiger partial charge >= 0.3 is 0 Å². The first-order chi connectivity index (χ1) is 6.66. The van der Waals surface area contributed by atoms with Gasteiger partial charge in [-0.15, -0.1) is 6.58 Å². The third kappa shape index (κ3) is 9.32. The van der Waals surface area contributed by atoms with Crippen LogP contribution in [0.25, 0.3) is 0 Å². The number of carbonyl (C=O) groups is 1. The molecule has 0 rings (SSSR count). The van der Waals surface area contributed by atoms with Crippen LogP contribution in [-0.4, -0.2) is 25.4 Å². The zero-order valence-electron chi connectivity index (χ0n) is 8.18. The van der Waals surface area contributed by atoms with E-state index in [4.69, 9.17) is 0 Å². The molecule has 14 heavy (non-hydrogen) atoms. The lowest BCUT2D eigenvalue weighted by Crippen LogP contribution is -2.09. The highest BCUT2D eigenvalue weighted by atomic mass is 19.3. The van der Waals surface area contributed by atoms with Crippen molar-refractivity contribution in [3.63, 3.8) is 0 Å². The fourth-order valence-electron chi connectivity index (χ4n) is 0.927. The number of rotatable bonds is 9. The number of Topliss-reactive ketones (excluding diaryl/α,β-unsaturated/α-hetero) is 1. The number of allylic oxidation sites excluding steroid dienone is 1. The average molecular weight is 206 g/mol. The molecule has 0 heterocycles. The van der Waals surface area contributed by atoms with Crippen LogP contribution in [0, 0.1) is 0 Å². The van der Waals surface area contributed by atoms with E-state index < -0.39 is 13.0 Å². The minimum atomic E-state index is -2.45. The van der Waals surface area contributed by atoms with E-state index in [0.29, 0.717) is 6.42 Å². The Morgan fingerprint density at radius 3 is 2.71 bits per heavy atom. The fourth-order valence-corrected chi connectivity index (χ4v) is 0.927. The highest BCUT2D eigenvalue weighted by Gasteiger charge is 2.04. The minimum absolute atomic E-state index is 0.0566. The quantitative estimate of drug-likeness (QED) is 0.428. The summed E-state index contributed by atoms with van der Waals surface area (Å²) in [4.78, 5) is 11.1. The molecule has 0 radical (unpaired) electrons. The zero-order valence-corrected chi connectivity index (χ0v) is 8.18. The molecule has 0 bridgehead atoms. The Balaban J connectivity index is 3.22. The topological polar surface area (TPSA) is 26.3 Å².